The van der Waals surface area contributed by atoms with E-state index >= 15 is 0 Å². The molecule has 0 bridgehead atoms. The number of aliphatic carboxylic acids is 1. The molecule has 0 spiro atoms. The highest BCUT2D eigenvalue weighted by molar-refractivity contribution is 6.00. The maximum absolute atomic E-state index is 12.8. The Morgan fingerprint density at radius 3 is 2.18 bits per heavy atom. The van der Waals surface area contributed by atoms with E-state index in [2.05, 4.69) is 17.1 Å². The van der Waals surface area contributed by atoms with E-state index < -0.39 is 16.5 Å². The highest BCUT2D eigenvalue weighted by Crippen LogP contribution is 2.43. The zero-order chi connectivity index (χ0) is 26.1. The number of unbranched alkanes of at least 4 members (excludes halogenated alkanes) is 5. The van der Waals surface area contributed by atoms with Gasteiger partial charge in [-0.3, -0.25) is 9.59 Å². The lowest BCUT2D eigenvalue weighted by Crippen LogP contribution is -2.30. The summed E-state index contributed by atoms with van der Waals surface area (Å²) in [6, 6.07) is 0. The summed E-state index contributed by atoms with van der Waals surface area (Å²) in [5.74, 6) is -0.875. The minimum absolute atomic E-state index is 0.0131. The van der Waals surface area contributed by atoms with Crippen LogP contribution in [0.15, 0.2) is 0 Å². The van der Waals surface area contributed by atoms with E-state index in [0.717, 1.165) is 54.0 Å². The second-order valence-electron chi connectivity index (χ2n) is 9.95. The average molecular weight is 480 g/mol. The lowest BCUT2D eigenvalue weighted by Gasteiger charge is -2.28. The van der Waals surface area contributed by atoms with Crippen LogP contribution in [0.1, 0.15) is 88.5 Å². The normalized spacial score (nSPS) is 12.6. The fourth-order valence-electron chi connectivity index (χ4n) is 4.31. The van der Waals surface area contributed by atoms with E-state index in [1.165, 1.54) is 37.7 Å². The number of amides is 1. The summed E-state index contributed by atoms with van der Waals surface area (Å²) in [5.41, 5.74) is 5.42. The van der Waals surface area contributed by atoms with E-state index in [9.17, 15) is 14.7 Å². The van der Waals surface area contributed by atoms with Gasteiger partial charge in [-0.2, -0.15) is 0 Å². The Morgan fingerprint density at radius 2 is 1.65 bits per heavy atom. The molecule has 9 heteroatoms. The van der Waals surface area contributed by atoms with Gasteiger partial charge in [-0.25, -0.2) is 0 Å². The molecular weight excluding hydrogens is 438 g/mol. The summed E-state index contributed by atoms with van der Waals surface area (Å²) < 4.78 is 0. The van der Waals surface area contributed by atoms with Crippen molar-refractivity contribution < 1.29 is 25.0 Å². The maximum atomic E-state index is 12.8. The first kappa shape index (κ1) is 29.2. The van der Waals surface area contributed by atoms with Crippen LogP contribution in [0.3, 0.4) is 0 Å². The van der Waals surface area contributed by atoms with Gasteiger partial charge in [-0.15, -0.1) is 10.1 Å². The standard InChI is InChI=1S/C25H40N2O3.HNO3/c1-7-8-9-10-11-12-14-27-15-13-19-17(2)20(16-21(28)29)18(3)22(23(19)27)26-24(30)25(4,5)6;2-1(3)4/h7-16H2,1-6H3,(H,26,30)(H,28,29);(H,2,3,4). The molecule has 34 heavy (non-hydrogen) atoms. The van der Waals surface area contributed by atoms with Crippen molar-refractivity contribution in [1.82, 2.24) is 0 Å². The molecule has 0 saturated heterocycles. The van der Waals surface area contributed by atoms with Crippen LogP contribution in [0.25, 0.3) is 0 Å². The van der Waals surface area contributed by atoms with Gasteiger partial charge >= 0.3 is 5.97 Å². The van der Waals surface area contributed by atoms with Crippen molar-refractivity contribution in [2.75, 3.05) is 23.3 Å². The van der Waals surface area contributed by atoms with Crippen LogP contribution in [-0.4, -0.2) is 40.4 Å². The van der Waals surface area contributed by atoms with Gasteiger partial charge in [-0.05, 0) is 48.9 Å². The number of benzene rings is 1. The van der Waals surface area contributed by atoms with Gasteiger partial charge in [0.2, 0.25) is 5.91 Å². The summed E-state index contributed by atoms with van der Waals surface area (Å²) in [5, 5.41) is 26.2. The molecular formula is C25H41N3O6. The van der Waals surface area contributed by atoms with Crippen molar-refractivity contribution >= 4 is 23.3 Å². The average Bonchev–Trinajstić information content (AvgIpc) is 3.13. The Kier molecular flexibility index (Phi) is 11.3. The molecule has 0 atom stereocenters. The Hall–Kier alpha value is -2.84. The van der Waals surface area contributed by atoms with Gasteiger partial charge in [-0.1, -0.05) is 59.8 Å². The maximum Gasteiger partial charge on any atom is 0.307 e. The summed E-state index contributed by atoms with van der Waals surface area (Å²) in [7, 11) is 0. The van der Waals surface area contributed by atoms with Crippen LogP contribution >= 0.6 is 0 Å². The number of hydrogen-bond donors (Lipinski definition) is 3. The van der Waals surface area contributed by atoms with Crippen molar-refractivity contribution in [1.29, 1.82) is 0 Å². The first-order chi connectivity index (χ1) is 15.8. The molecule has 2 rings (SSSR count). The number of hydrogen-bond acceptors (Lipinski definition) is 5. The molecule has 0 unspecified atom stereocenters. The van der Waals surface area contributed by atoms with E-state index in [1.54, 1.807) is 0 Å². The number of carbonyl (C=O) groups excluding carboxylic acids is 1. The molecule has 3 N–H and O–H groups in total. The molecule has 1 aliphatic heterocycles. The second kappa shape index (κ2) is 13.2. The van der Waals surface area contributed by atoms with Gasteiger partial charge in [0.25, 0.3) is 5.09 Å². The van der Waals surface area contributed by atoms with E-state index in [0.29, 0.717) is 0 Å². The number of nitrogens with zero attached hydrogens (tertiary/aromatic N) is 2. The molecule has 1 aromatic carbocycles. The summed E-state index contributed by atoms with van der Waals surface area (Å²) in [4.78, 5) is 35.1. The van der Waals surface area contributed by atoms with Crippen molar-refractivity contribution in [2.45, 2.75) is 92.9 Å². The van der Waals surface area contributed by atoms with Crippen LogP contribution in [-0.2, 0) is 22.4 Å². The molecule has 0 aliphatic carbocycles. The van der Waals surface area contributed by atoms with Gasteiger partial charge in [0.05, 0.1) is 17.8 Å². The van der Waals surface area contributed by atoms with E-state index in [1.807, 2.05) is 34.6 Å². The molecule has 1 amide bonds. The Balaban J connectivity index is 0.00000133. The van der Waals surface area contributed by atoms with Gasteiger partial charge < -0.3 is 20.5 Å². The Morgan fingerprint density at radius 1 is 1.09 bits per heavy atom. The van der Waals surface area contributed by atoms with Gasteiger partial charge in [0, 0.05) is 18.5 Å². The number of rotatable bonds is 10. The quantitative estimate of drug-likeness (QED) is 0.236. The lowest BCUT2D eigenvalue weighted by atomic mass is 9.90. The van der Waals surface area contributed by atoms with Crippen molar-refractivity contribution in [3.63, 3.8) is 0 Å². The molecule has 0 saturated carbocycles. The fraction of sp³-hybridized carbons (Fsp3) is 0.680. The molecule has 1 heterocycles. The number of carboxylic acid groups (broad SMARTS) is 1. The second-order valence-corrected chi connectivity index (χ2v) is 9.95. The molecule has 0 aromatic heterocycles. The third kappa shape index (κ3) is 8.50. The van der Waals surface area contributed by atoms with Crippen LogP contribution in [0.5, 0.6) is 0 Å². The largest absolute Gasteiger partial charge is 0.481 e. The molecule has 1 aliphatic rings. The number of carboxylic acids is 1. The topological polar surface area (TPSA) is 133 Å². The van der Waals surface area contributed by atoms with Crippen LogP contribution in [0, 0.1) is 29.4 Å². The van der Waals surface area contributed by atoms with Crippen molar-refractivity contribution in [3.8, 4) is 0 Å². The fourth-order valence-corrected chi connectivity index (χ4v) is 4.31. The Labute approximate surface area is 202 Å². The first-order valence-corrected chi connectivity index (χ1v) is 12.1. The number of fused-ring (bicyclic) bond motifs is 1. The zero-order valence-corrected chi connectivity index (χ0v) is 21.5. The number of anilines is 2. The van der Waals surface area contributed by atoms with E-state index in [4.69, 9.17) is 15.3 Å². The van der Waals surface area contributed by atoms with Crippen LogP contribution in [0.2, 0.25) is 0 Å². The van der Waals surface area contributed by atoms with Gasteiger partial charge in [0.15, 0.2) is 0 Å². The third-order valence-corrected chi connectivity index (χ3v) is 6.23. The van der Waals surface area contributed by atoms with Crippen molar-refractivity contribution in [3.05, 3.63) is 32.4 Å². The minimum Gasteiger partial charge on any atom is -0.481 e. The molecule has 192 valence electrons. The Bertz CT molecular complexity index is 873. The van der Waals surface area contributed by atoms with Crippen molar-refractivity contribution in [2.24, 2.45) is 5.41 Å². The third-order valence-electron chi connectivity index (χ3n) is 6.23. The highest BCUT2D eigenvalue weighted by atomic mass is 16.9. The number of nitrogens with one attached hydrogen (secondary N) is 1. The summed E-state index contributed by atoms with van der Waals surface area (Å²) in [6.45, 7) is 13.8. The van der Waals surface area contributed by atoms with Gasteiger partial charge in [0.1, 0.15) is 0 Å². The summed E-state index contributed by atoms with van der Waals surface area (Å²) in [6.07, 6.45) is 8.40. The number of carbonyl (C=O) groups is 2. The lowest BCUT2D eigenvalue weighted by molar-refractivity contribution is -0.742. The molecule has 9 nitrogen and oxygen atoms in total. The monoisotopic (exact) mass is 479 g/mol. The van der Waals surface area contributed by atoms with Crippen LogP contribution in [0.4, 0.5) is 11.4 Å². The molecule has 0 fully saturated rings. The highest BCUT2D eigenvalue weighted by Gasteiger charge is 2.31. The predicted octanol–water partition coefficient (Wildman–Crippen LogP) is 5.29. The zero-order valence-electron chi connectivity index (χ0n) is 21.5. The summed E-state index contributed by atoms with van der Waals surface area (Å²) >= 11 is 0. The predicted molar refractivity (Wildman–Crippen MR) is 133 cm³/mol. The first-order valence-electron chi connectivity index (χ1n) is 12.1. The van der Waals surface area contributed by atoms with Crippen LogP contribution < -0.4 is 10.2 Å². The minimum atomic E-state index is -1.50. The SMILES string of the molecule is CCCCCCCCN1CCc2c(C)c(CC(=O)O)c(C)c(NC(=O)C(C)(C)C)c21.O=[N+]([O-])O. The van der Waals surface area contributed by atoms with E-state index in [-0.39, 0.29) is 12.3 Å². The molecule has 1 aromatic rings. The smallest absolute Gasteiger partial charge is 0.307 e. The molecule has 0 radical (unpaired) electrons.